The smallest absolute Gasteiger partial charge is 0.325 e. The van der Waals surface area contributed by atoms with Gasteiger partial charge >= 0.3 is 6.03 Å². The quantitative estimate of drug-likeness (QED) is 0.741. The lowest BCUT2D eigenvalue weighted by molar-refractivity contribution is -0.139. The van der Waals surface area contributed by atoms with Crippen LogP contribution in [0.2, 0.25) is 0 Å². The summed E-state index contributed by atoms with van der Waals surface area (Å²) in [5.41, 5.74) is 1.05. The minimum Gasteiger partial charge on any atom is -0.341 e. The molecule has 3 aliphatic rings. The Morgan fingerprint density at radius 1 is 1.17 bits per heavy atom. The Hall–Kier alpha value is -3.10. The van der Waals surface area contributed by atoms with Crippen molar-refractivity contribution in [3.05, 3.63) is 24.3 Å². The number of imide groups is 1. The zero-order chi connectivity index (χ0) is 20.9. The van der Waals surface area contributed by atoms with Crippen LogP contribution < -0.4 is 10.2 Å². The van der Waals surface area contributed by atoms with Gasteiger partial charge < -0.3 is 20.1 Å². The summed E-state index contributed by atoms with van der Waals surface area (Å²) >= 11 is 0. The highest BCUT2D eigenvalue weighted by atomic mass is 16.2. The van der Waals surface area contributed by atoms with E-state index in [9.17, 15) is 14.4 Å². The Bertz CT molecular complexity index is 982. The topological polar surface area (TPSA) is 102 Å². The maximum absolute atomic E-state index is 12.9. The maximum Gasteiger partial charge on any atom is 0.325 e. The normalized spacial score (nSPS) is 25.0. The van der Waals surface area contributed by atoms with Gasteiger partial charge in [0.05, 0.1) is 11.0 Å². The number of imidazole rings is 1. The molecule has 9 heteroatoms. The molecule has 1 atom stereocenters. The number of fused-ring (bicyclic) bond motifs is 1. The molecule has 3 heterocycles. The van der Waals surface area contributed by atoms with Crippen molar-refractivity contribution in [2.45, 2.75) is 31.7 Å². The number of anilines is 1. The van der Waals surface area contributed by atoms with E-state index in [-0.39, 0.29) is 24.3 Å². The molecule has 1 aliphatic carbocycles. The molecule has 2 saturated heterocycles. The first kappa shape index (κ1) is 18.9. The van der Waals surface area contributed by atoms with Crippen LogP contribution in [-0.4, -0.2) is 75.9 Å². The fourth-order valence-corrected chi connectivity index (χ4v) is 4.50. The van der Waals surface area contributed by atoms with Gasteiger partial charge in [-0.25, -0.2) is 9.78 Å². The third-order valence-electron chi connectivity index (χ3n) is 6.51. The summed E-state index contributed by atoms with van der Waals surface area (Å²) in [6.07, 6.45) is 2.67. The third kappa shape index (κ3) is 3.18. The van der Waals surface area contributed by atoms with Crippen LogP contribution in [0.1, 0.15) is 26.2 Å². The molecule has 0 radical (unpaired) electrons. The second kappa shape index (κ2) is 7.00. The predicted octanol–water partition coefficient (Wildman–Crippen LogP) is 1.32. The number of hydrogen-bond acceptors (Lipinski definition) is 5. The molecule has 5 rings (SSSR count). The summed E-state index contributed by atoms with van der Waals surface area (Å²) in [7, 11) is 0. The van der Waals surface area contributed by atoms with Gasteiger partial charge in [-0.1, -0.05) is 12.1 Å². The van der Waals surface area contributed by atoms with Crippen LogP contribution in [0, 0.1) is 5.92 Å². The lowest BCUT2D eigenvalue weighted by Gasteiger charge is -2.24. The molecular weight excluding hydrogens is 384 g/mol. The van der Waals surface area contributed by atoms with E-state index in [1.165, 1.54) is 0 Å². The minimum atomic E-state index is -0.853. The fraction of sp³-hybridized carbons (Fsp3) is 0.524. The molecule has 1 aromatic carbocycles. The van der Waals surface area contributed by atoms with Crippen molar-refractivity contribution in [3.8, 4) is 0 Å². The highest BCUT2D eigenvalue weighted by Crippen LogP contribution is 2.42. The van der Waals surface area contributed by atoms with Gasteiger partial charge in [0.1, 0.15) is 12.1 Å². The molecule has 1 saturated carbocycles. The van der Waals surface area contributed by atoms with Crippen LogP contribution in [0.15, 0.2) is 24.3 Å². The number of H-pyrrole nitrogens is 1. The van der Waals surface area contributed by atoms with Crippen LogP contribution in [0.4, 0.5) is 10.7 Å². The molecule has 1 aromatic heterocycles. The molecule has 30 heavy (non-hydrogen) atoms. The van der Waals surface area contributed by atoms with E-state index in [4.69, 9.17) is 0 Å². The van der Waals surface area contributed by atoms with Gasteiger partial charge in [-0.3, -0.25) is 14.5 Å². The number of carbonyl (C=O) groups is 3. The van der Waals surface area contributed by atoms with E-state index in [2.05, 4.69) is 20.2 Å². The summed E-state index contributed by atoms with van der Waals surface area (Å²) in [5.74, 6) is 0.525. The molecular formula is C21H26N6O3. The van der Waals surface area contributed by atoms with Crippen LogP contribution >= 0.6 is 0 Å². The molecule has 1 unspecified atom stereocenters. The van der Waals surface area contributed by atoms with E-state index in [0.29, 0.717) is 19.6 Å². The number of benzene rings is 1. The summed E-state index contributed by atoms with van der Waals surface area (Å²) in [6, 6.07) is 7.43. The van der Waals surface area contributed by atoms with E-state index < -0.39 is 11.6 Å². The standard InChI is InChI=1S/C21H26N6O3/c1-21(14-7-8-14)18(29)27(20(30)24-21)13-17(28)25-9-4-10-26(12-11-25)19-22-15-5-2-3-6-16(15)23-19/h2-3,5-6,14H,4,7-13H2,1H3,(H,22,23)(H,24,30). The SMILES string of the molecule is CC1(C2CC2)NC(=O)N(CC(=O)N2CCCN(c3nc4ccccc4[nH]3)CC2)C1=O. The number of amides is 4. The van der Waals surface area contributed by atoms with Crippen molar-refractivity contribution in [1.29, 1.82) is 0 Å². The first-order valence-corrected chi connectivity index (χ1v) is 10.6. The van der Waals surface area contributed by atoms with Crippen LogP contribution in [-0.2, 0) is 9.59 Å². The average molecular weight is 410 g/mol. The number of aromatic nitrogens is 2. The van der Waals surface area contributed by atoms with E-state index in [1.54, 1.807) is 11.8 Å². The van der Waals surface area contributed by atoms with Crippen molar-refractivity contribution in [3.63, 3.8) is 0 Å². The predicted molar refractivity (Wildman–Crippen MR) is 111 cm³/mol. The highest BCUT2D eigenvalue weighted by Gasteiger charge is 2.56. The number of hydrogen-bond donors (Lipinski definition) is 2. The van der Waals surface area contributed by atoms with Crippen molar-refractivity contribution in [2.75, 3.05) is 37.6 Å². The Labute approximate surface area is 174 Å². The average Bonchev–Trinajstić information content (AvgIpc) is 3.51. The van der Waals surface area contributed by atoms with Gasteiger partial charge in [0, 0.05) is 26.2 Å². The number of aromatic amines is 1. The molecule has 9 nitrogen and oxygen atoms in total. The number of urea groups is 1. The lowest BCUT2D eigenvalue weighted by atomic mass is 9.96. The highest BCUT2D eigenvalue weighted by molar-refractivity contribution is 6.09. The van der Waals surface area contributed by atoms with Gasteiger partial charge in [0.2, 0.25) is 11.9 Å². The van der Waals surface area contributed by atoms with Crippen LogP contribution in [0.25, 0.3) is 11.0 Å². The Morgan fingerprint density at radius 3 is 2.73 bits per heavy atom. The number of nitrogens with one attached hydrogen (secondary N) is 2. The Kier molecular flexibility index (Phi) is 4.41. The van der Waals surface area contributed by atoms with Crippen molar-refractivity contribution < 1.29 is 14.4 Å². The van der Waals surface area contributed by atoms with E-state index >= 15 is 0 Å². The van der Waals surface area contributed by atoms with Gasteiger partial charge in [-0.15, -0.1) is 0 Å². The molecule has 2 aliphatic heterocycles. The molecule has 0 spiro atoms. The Morgan fingerprint density at radius 2 is 1.97 bits per heavy atom. The molecule has 158 valence electrons. The summed E-state index contributed by atoms with van der Waals surface area (Å²) in [5, 5.41) is 2.80. The number of nitrogens with zero attached hydrogens (tertiary/aromatic N) is 4. The third-order valence-corrected chi connectivity index (χ3v) is 6.51. The first-order chi connectivity index (χ1) is 14.5. The molecule has 2 aromatic rings. The zero-order valence-corrected chi connectivity index (χ0v) is 17.1. The van der Waals surface area contributed by atoms with Crippen molar-refractivity contribution in [1.82, 2.24) is 25.1 Å². The van der Waals surface area contributed by atoms with Crippen LogP contribution in [0.3, 0.4) is 0 Å². The van der Waals surface area contributed by atoms with Gasteiger partial charge in [0.15, 0.2) is 0 Å². The largest absolute Gasteiger partial charge is 0.341 e. The van der Waals surface area contributed by atoms with Gasteiger partial charge in [-0.2, -0.15) is 0 Å². The second-order valence-corrected chi connectivity index (χ2v) is 8.60. The number of carbonyl (C=O) groups excluding carboxylic acids is 3. The lowest BCUT2D eigenvalue weighted by Crippen LogP contribution is -2.47. The molecule has 4 amide bonds. The maximum atomic E-state index is 12.9. The van der Waals surface area contributed by atoms with Crippen molar-refractivity contribution in [2.24, 2.45) is 5.92 Å². The van der Waals surface area contributed by atoms with Crippen molar-refractivity contribution >= 4 is 34.8 Å². The van der Waals surface area contributed by atoms with Gasteiger partial charge in [0.25, 0.3) is 5.91 Å². The van der Waals surface area contributed by atoms with Crippen LogP contribution in [0.5, 0.6) is 0 Å². The first-order valence-electron chi connectivity index (χ1n) is 10.6. The summed E-state index contributed by atoms with van der Waals surface area (Å²) < 4.78 is 0. The molecule has 3 fully saturated rings. The summed E-state index contributed by atoms with van der Waals surface area (Å²) in [6.45, 7) is 4.13. The minimum absolute atomic E-state index is 0.185. The van der Waals surface area contributed by atoms with E-state index in [0.717, 1.165) is 47.7 Å². The molecule has 2 N–H and O–H groups in total. The monoisotopic (exact) mass is 410 g/mol. The summed E-state index contributed by atoms with van der Waals surface area (Å²) in [4.78, 5) is 51.0. The fourth-order valence-electron chi connectivity index (χ4n) is 4.50. The second-order valence-electron chi connectivity index (χ2n) is 8.60. The Balaban J connectivity index is 1.23. The molecule has 0 bridgehead atoms. The van der Waals surface area contributed by atoms with E-state index in [1.807, 2.05) is 24.3 Å². The zero-order valence-electron chi connectivity index (χ0n) is 17.1. The van der Waals surface area contributed by atoms with Gasteiger partial charge in [-0.05, 0) is 44.2 Å². The number of rotatable bonds is 4. The number of para-hydroxylation sites is 2.